The largest absolute Gasteiger partial charge is 0.350 e. The lowest BCUT2D eigenvalue weighted by molar-refractivity contribution is 0.0939. The summed E-state index contributed by atoms with van der Waals surface area (Å²) in [5.74, 6) is -0.296. The van der Waals surface area contributed by atoms with E-state index in [1.54, 1.807) is 6.92 Å². The molecule has 1 atom stereocenters. The molecule has 0 spiro atoms. The summed E-state index contributed by atoms with van der Waals surface area (Å²) in [6.07, 6.45) is 1.52. The van der Waals surface area contributed by atoms with Crippen LogP contribution in [-0.2, 0) is 9.84 Å². The van der Waals surface area contributed by atoms with E-state index in [2.05, 4.69) is 5.32 Å². The molecule has 0 heterocycles. The molecule has 0 aromatic heterocycles. The number of nitrogens with one attached hydrogen (secondary N) is 1. The second kappa shape index (κ2) is 6.59. The molecule has 1 amide bonds. The molecule has 0 saturated heterocycles. The maximum atomic E-state index is 11.9. The third-order valence-corrected chi connectivity index (χ3v) is 3.84. The smallest absolute Gasteiger partial charge is 0.251 e. The Morgan fingerprint density at radius 2 is 1.79 bits per heavy atom. The van der Waals surface area contributed by atoms with Crippen LogP contribution in [0.1, 0.15) is 23.7 Å². The van der Waals surface area contributed by atoms with Crippen molar-refractivity contribution in [1.29, 1.82) is 0 Å². The Bertz CT molecular complexity index is 552. The summed E-state index contributed by atoms with van der Waals surface area (Å²) in [5, 5.41) is 3.46. The van der Waals surface area contributed by atoms with E-state index in [-0.39, 0.29) is 17.7 Å². The fourth-order valence-electron chi connectivity index (χ4n) is 1.46. The predicted octanol–water partition coefficient (Wildman–Crippen LogP) is 2.55. The van der Waals surface area contributed by atoms with Gasteiger partial charge in [0.1, 0.15) is 9.84 Å². The van der Waals surface area contributed by atoms with Crippen molar-refractivity contribution in [2.75, 3.05) is 12.0 Å². The predicted molar refractivity (Wildman–Crippen MR) is 77.7 cm³/mol. The van der Waals surface area contributed by atoms with E-state index in [4.69, 9.17) is 23.2 Å². The summed E-state index contributed by atoms with van der Waals surface area (Å²) in [5.41, 5.74) is 0.351. The number of sulfone groups is 1. The van der Waals surface area contributed by atoms with Gasteiger partial charge in [0.2, 0.25) is 0 Å². The van der Waals surface area contributed by atoms with Crippen molar-refractivity contribution in [2.45, 2.75) is 19.4 Å². The van der Waals surface area contributed by atoms with E-state index in [1.165, 1.54) is 18.2 Å². The molecule has 19 heavy (non-hydrogen) atoms. The summed E-state index contributed by atoms with van der Waals surface area (Å²) in [6, 6.07) is 4.30. The van der Waals surface area contributed by atoms with Gasteiger partial charge in [-0.2, -0.15) is 0 Å². The molecule has 106 valence electrons. The third-order valence-electron chi connectivity index (χ3n) is 2.42. The Hall–Kier alpha value is -0.780. The van der Waals surface area contributed by atoms with Gasteiger partial charge in [0.05, 0.1) is 5.75 Å². The van der Waals surface area contributed by atoms with Crippen molar-refractivity contribution >= 4 is 38.9 Å². The van der Waals surface area contributed by atoms with Gasteiger partial charge < -0.3 is 5.32 Å². The van der Waals surface area contributed by atoms with Crippen molar-refractivity contribution < 1.29 is 13.2 Å². The minimum atomic E-state index is -3.03. The molecule has 1 aromatic rings. The molecule has 1 rings (SSSR count). The van der Waals surface area contributed by atoms with Crippen molar-refractivity contribution in [3.63, 3.8) is 0 Å². The summed E-state index contributed by atoms with van der Waals surface area (Å²) in [7, 11) is -3.03. The number of benzene rings is 1. The quantitative estimate of drug-likeness (QED) is 0.905. The number of rotatable bonds is 5. The van der Waals surface area contributed by atoms with Crippen molar-refractivity contribution in [1.82, 2.24) is 5.32 Å². The monoisotopic (exact) mass is 323 g/mol. The molecule has 0 saturated carbocycles. The van der Waals surface area contributed by atoms with Crippen LogP contribution in [0.3, 0.4) is 0 Å². The van der Waals surface area contributed by atoms with E-state index >= 15 is 0 Å². The van der Waals surface area contributed by atoms with Crippen LogP contribution < -0.4 is 5.32 Å². The molecule has 1 aromatic carbocycles. The maximum Gasteiger partial charge on any atom is 0.251 e. The minimum absolute atomic E-state index is 0.0325. The molecular formula is C12H15Cl2NO3S. The van der Waals surface area contributed by atoms with Crippen molar-refractivity contribution in [2.24, 2.45) is 0 Å². The van der Waals surface area contributed by atoms with Gasteiger partial charge in [-0.1, -0.05) is 23.2 Å². The zero-order chi connectivity index (χ0) is 14.6. The van der Waals surface area contributed by atoms with Gasteiger partial charge in [0.25, 0.3) is 5.91 Å². The van der Waals surface area contributed by atoms with Crippen LogP contribution in [-0.4, -0.2) is 32.4 Å². The van der Waals surface area contributed by atoms with Gasteiger partial charge in [-0.25, -0.2) is 8.42 Å². The molecule has 0 radical (unpaired) electrons. The third kappa shape index (κ3) is 6.27. The summed E-state index contributed by atoms with van der Waals surface area (Å²) < 4.78 is 22.1. The first-order chi connectivity index (χ1) is 8.67. The molecular weight excluding hydrogens is 309 g/mol. The zero-order valence-electron chi connectivity index (χ0n) is 10.6. The van der Waals surface area contributed by atoms with E-state index in [0.29, 0.717) is 22.0 Å². The molecule has 0 bridgehead atoms. The van der Waals surface area contributed by atoms with Crippen LogP contribution in [0.15, 0.2) is 18.2 Å². The lowest BCUT2D eigenvalue weighted by Gasteiger charge is -2.13. The molecule has 7 heteroatoms. The number of carbonyl (C=O) groups excluding carboxylic acids is 1. The second-order valence-corrected chi connectivity index (χ2v) is 7.58. The fourth-order valence-corrected chi connectivity index (χ4v) is 2.76. The summed E-state index contributed by atoms with van der Waals surface area (Å²) in [6.45, 7) is 1.75. The van der Waals surface area contributed by atoms with Gasteiger partial charge >= 0.3 is 0 Å². The highest BCUT2D eigenvalue weighted by molar-refractivity contribution is 7.90. The van der Waals surface area contributed by atoms with Crippen LogP contribution in [0.25, 0.3) is 0 Å². The van der Waals surface area contributed by atoms with Crippen molar-refractivity contribution in [3.8, 4) is 0 Å². The van der Waals surface area contributed by atoms with Gasteiger partial charge in [-0.3, -0.25) is 4.79 Å². The second-order valence-electron chi connectivity index (χ2n) is 4.45. The Morgan fingerprint density at radius 1 is 1.26 bits per heavy atom. The number of carbonyl (C=O) groups is 1. The van der Waals surface area contributed by atoms with E-state index in [0.717, 1.165) is 6.26 Å². The average molecular weight is 324 g/mol. The van der Waals surface area contributed by atoms with Gasteiger partial charge in [0.15, 0.2) is 0 Å². The first-order valence-electron chi connectivity index (χ1n) is 5.62. The molecule has 4 nitrogen and oxygen atoms in total. The van der Waals surface area contributed by atoms with Crippen LogP contribution >= 0.6 is 23.2 Å². The normalized spacial score (nSPS) is 13.1. The van der Waals surface area contributed by atoms with Gasteiger partial charge in [-0.05, 0) is 31.5 Å². The van der Waals surface area contributed by atoms with E-state index in [1.807, 2.05) is 0 Å². The SMILES string of the molecule is C[C@@H](CCS(C)(=O)=O)NC(=O)c1cc(Cl)cc(Cl)c1. The number of halogens is 2. The highest BCUT2D eigenvalue weighted by Gasteiger charge is 2.13. The molecule has 1 N–H and O–H groups in total. The average Bonchev–Trinajstić information content (AvgIpc) is 2.24. The van der Waals surface area contributed by atoms with Crippen LogP contribution in [0, 0.1) is 0 Å². The molecule has 0 unspecified atom stereocenters. The Morgan fingerprint density at radius 3 is 2.26 bits per heavy atom. The zero-order valence-corrected chi connectivity index (χ0v) is 12.9. The first-order valence-corrected chi connectivity index (χ1v) is 8.44. The van der Waals surface area contributed by atoms with Crippen LogP contribution in [0.4, 0.5) is 0 Å². The summed E-state index contributed by atoms with van der Waals surface area (Å²) in [4.78, 5) is 11.9. The topological polar surface area (TPSA) is 63.2 Å². The lowest BCUT2D eigenvalue weighted by atomic mass is 10.2. The number of hydrogen-bond donors (Lipinski definition) is 1. The maximum absolute atomic E-state index is 11.9. The van der Waals surface area contributed by atoms with Crippen LogP contribution in [0.5, 0.6) is 0 Å². The minimum Gasteiger partial charge on any atom is -0.350 e. The highest BCUT2D eigenvalue weighted by atomic mass is 35.5. The summed E-state index contributed by atoms with van der Waals surface area (Å²) >= 11 is 11.6. The highest BCUT2D eigenvalue weighted by Crippen LogP contribution is 2.19. The van der Waals surface area contributed by atoms with E-state index in [9.17, 15) is 13.2 Å². The molecule has 0 fully saturated rings. The number of hydrogen-bond acceptors (Lipinski definition) is 3. The van der Waals surface area contributed by atoms with E-state index < -0.39 is 9.84 Å². The Labute approximate surface area is 123 Å². The lowest BCUT2D eigenvalue weighted by Crippen LogP contribution is -2.33. The molecule has 0 aliphatic carbocycles. The van der Waals surface area contributed by atoms with Gasteiger partial charge in [0, 0.05) is 27.9 Å². The molecule has 0 aliphatic heterocycles. The Kier molecular flexibility index (Phi) is 5.64. The first kappa shape index (κ1) is 16.3. The Balaban J connectivity index is 2.64. The van der Waals surface area contributed by atoms with Gasteiger partial charge in [-0.15, -0.1) is 0 Å². The standard InChI is InChI=1S/C12H15Cl2NO3S/c1-8(3-4-19(2,17)18)15-12(16)9-5-10(13)7-11(14)6-9/h5-8H,3-4H2,1-2H3,(H,15,16)/t8-/m0/s1. The molecule has 0 aliphatic rings. The van der Waals surface area contributed by atoms with Crippen LogP contribution in [0.2, 0.25) is 10.0 Å². The number of amides is 1. The van der Waals surface area contributed by atoms with Crippen molar-refractivity contribution in [3.05, 3.63) is 33.8 Å². The fraction of sp³-hybridized carbons (Fsp3) is 0.417.